The van der Waals surface area contributed by atoms with Crippen LogP contribution in [0, 0.1) is 6.92 Å². The number of methoxy groups -OCH3 is 1. The molecule has 0 aliphatic rings. The molecule has 0 fully saturated rings. The number of sulfone groups is 1. The number of carbonyl (C=O) groups excluding carboxylic acids is 1. The predicted octanol–water partition coefficient (Wildman–Crippen LogP) is 2.69. The fraction of sp³-hybridized carbons (Fsp3) is 0.286. The molecule has 28 heavy (non-hydrogen) atoms. The zero-order chi connectivity index (χ0) is 20.1. The van der Waals surface area contributed by atoms with Crippen molar-refractivity contribution in [1.29, 1.82) is 0 Å². The number of carbonyl (C=O) groups is 1. The number of hydrogen-bond acceptors (Lipinski definition) is 4. The van der Waals surface area contributed by atoms with Crippen LogP contribution in [0.3, 0.4) is 0 Å². The van der Waals surface area contributed by atoms with E-state index in [1.807, 2.05) is 43.3 Å². The van der Waals surface area contributed by atoms with Crippen LogP contribution in [0.4, 0.5) is 0 Å². The van der Waals surface area contributed by atoms with E-state index in [1.54, 1.807) is 30.0 Å². The summed E-state index contributed by atoms with van der Waals surface area (Å²) < 4.78 is 32.8. The van der Waals surface area contributed by atoms with Gasteiger partial charge in [-0.2, -0.15) is 0 Å². The molecule has 0 unspecified atom stereocenters. The molecule has 0 atom stereocenters. The minimum atomic E-state index is -3.57. The second-order valence-electron chi connectivity index (χ2n) is 6.73. The Kier molecular flexibility index (Phi) is 6.16. The minimum absolute atomic E-state index is 0.0458. The largest absolute Gasteiger partial charge is 0.383 e. The molecule has 1 heterocycles. The van der Waals surface area contributed by atoms with Crippen molar-refractivity contribution in [3.63, 3.8) is 0 Å². The molecule has 0 aliphatic heterocycles. The number of para-hydroxylation sites is 1. The third-order valence-corrected chi connectivity index (χ3v) is 6.18. The molecular weight excluding hydrogens is 376 g/mol. The van der Waals surface area contributed by atoms with Gasteiger partial charge >= 0.3 is 0 Å². The van der Waals surface area contributed by atoms with Gasteiger partial charge in [0.1, 0.15) is 6.54 Å². The van der Waals surface area contributed by atoms with Gasteiger partial charge < -0.3 is 14.6 Å². The molecule has 1 aromatic heterocycles. The highest BCUT2D eigenvalue weighted by molar-refractivity contribution is 7.90. The molecule has 7 heteroatoms. The first-order valence-corrected chi connectivity index (χ1v) is 10.7. The van der Waals surface area contributed by atoms with E-state index in [4.69, 9.17) is 4.74 Å². The molecule has 2 aromatic carbocycles. The van der Waals surface area contributed by atoms with Crippen LogP contribution in [-0.4, -0.2) is 39.2 Å². The lowest BCUT2D eigenvalue weighted by molar-refractivity contribution is -0.121. The summed E-state index contributed by atoms with van der Waals surface area (Å²) in [6.07, 6.45) is 1.56. The van der Waals surface area contributed by atoms with Crippen molar-refractivity contribution in [2.75, 3.05) is 20.3 Å². The summed E-state index contributed by atoms with van der Waals surface area (Å²) in [7, 11) is -2.00. The molecule has 0 bridgehead atoms. The normalized spacial score (nSPS) is 11.6. The van der Waals surface area contributed by atoms with Crippen LogP contribution >= 0.6 is 0 Å². The SMILES string of the molecule is COCCNC(=O)Cn1cc(S(=O)(=O)Cc2cccc(C)c2)c2ccccc21. The summed E-state index contributed by atoms with van der Waals surface area (Å²) in [6, 6.07) is 14.7. The average Bonchev–Trinajstić information content (AvgIpc) is 3.01. The molecule has 148 valence electrons. The van der Waals surface area contributed by atoms with Crippen molar-refractivity contribution in [2.24, 2.45) is 0 Å². The number of nitrogens with one attached hydrogen (secondary N) is 1. The van der Waals surface area contributed by atoms with Gasteiger partial charge in [0.05, 0.1) is 17.3 Å². The third kappa shape index (κ3) is 4.61. The smallest absolute Gasteiger partial charge is 0.240 e. The van der Waals surface area contributed by atoms with Crippen LogP contribution < -0.4 is 5.32 Å². The van der Waals surface area contributed by atoms with Crippen LogP contribution in [-0.2, 0) is 31.7 Å². The number of rotatable bonds is 8. The fourth-order valence-electron chi connectivity index (χ4n) is 3.19. The standard InChI is InChI=1S/C21H24N2O4S/c1-16-6-5-7-17(12-16)15-28(25,26)20-13-23(14-21(24)22-10-11-27-2)19-9-4-3-8-18(19)20/h3-9,12-13H,10-11,14-15H2,1-2H3,(H,22,24). The zero-order valence-electron chi connectivity index (χ0n) is 16.0. The summed E-state index contributed by atoms with van der Waals surface area (Å²) in [4.78, 5) is 12.4. The Morgan fingerprint density at radius 3 is 2.68 bits per heavy atom. The van der Waals surface area contributed by atoms with Gasteiger partial charge in [0.25, 0.3) is 0 Å². The Balaban J connectivity index is 1.92. The summed E-state index contributed by atoms with van der Waals surface area (Å²) >= 11 is 0. The number of ether oxygens (including phenoxy) is 1. The monoisotopic (exact) mass is 400 g/mol. The van der Waals surface area contributed by atoms with E-state index in [9.17, 15) is 13.2 Å². The van der Waals surface area contributed by atoms with Crippen molar-refractivity contribution in [3.05, 3.63) is 65.9 Å². The van der Waals surface area contributed by atoms with Crippen molar-refractivity contribution in [3.8, 4) is 0 Å². The third-order valence-electron chi connectivity index (χ3n) is 4.47. The molecule has 6 nitrogen and oxygen atoms in total. The highest BCUT2D eigenvalue weighted by atomic mass is 32.2. The number of nitrogens with zero attached hydrogens (tertiary/aromatic N) is 1. The average molecular weight is 401 g/mol. The molecule has 1 N–H and O–H groups in total. The van der Waals surface area contributed by atoms with Gasteiger partial charge in [-0.3, -0.25) is 4.79 Å². The van der Waals surface area contributed by atoms with Gasteiger partial charge in [-0.25, -0.2) is 8.42 Å². The number of hydrogen-bond donors (Lipinski definition) is 1. The number of amides is 1. The summed E-state index contributed by atoms with van der Waals surface area (Å²) in [5.41, 5.74) is 2.48. The minimum Gasteiger partial charge on any atom is -0.383 e. The Hall–Kier alpha value is -2.64. The molecule has 0 radical (unpaired) electrons. The van der Waals surface area contributed by atoms with E-state index in [1.165, 1.54) is 0 Å². The first-order chi connectivity index (χ1) is 13.4. The van der Waals surface area contributed by atoms with Crippen molar-refractivity contribution in [1.82, 2.24) is 9.88 Å². The van der Waals surface area contributed by atoms with E-state index < -0.39 is 9.84 Å². The molecule has 1 amide bonds. The highest BCUT2D eigenvalue weighted by Gasteiger charge is 2.22. The molecular formula is C21H24N2O4S. The van der Waals surface area contributed by atoms with Crippen LogP contribution in [0.5, 0.6) is 0 Å². The lowest BCUT2D eigenvalue weighted by Crippen LogP contribution is -2.30. The number of benzene rings is 2. The van der Waals surface area contributed by atoms with Gasteiger partial charge in [-0.1, -0.05) is 48.0 Å². The van der Waals surface area contributed by atoms with Crippen LogP contribution in [0.2, 0.25) is 0 Å². The van der Waals surface area contributed by atoms with Gasteiger partial charge in [-0.05, 0) is 18.6 Å². The van der Waals surface area contributed by atoms with E-state index in [-0.39, 0.29) is 23.1 Å². The molecule has 3 rings (SSSR count). The first kappa shape index (κ1) is 20.1. The second kappa shape index (κ2) is 8.58. The second-order valence-corrected chi connectivity index (χ2v) is 8.69. The quantitative estimate of drug-likeness (QED) is 0.590. The molecule has 0 aliphatic carbocycles. The highest BCUT2D eigenvalue weighted by Crippen LogP contribution is 2.28. The van der Waals surface area contributed by atoms with E-state index in [2.05, 4.69) is 5.32 Å². The van der Waals surface area contributed by atoms with Gasteiger partial charge in [0, 0.05) is 30.8 Å². The first-order valence-electron chi connectivity index (χ1n) is 9.02. The predicted molar refractivity (Wildman–Crippen MR) is 109 cm³/mol. The molecule has 0 saturated carbocycles. The van der Waals surface area contributed by atoms with Gasteiger partial charge in [0.15, 0.2) is 9.84 Å². The summed E-state index contributed by atoms with van der Waals surface area (Å²) in [5.74, 6) is -0.275. The maximum atomic E-state index is 13.1. The Bertz CT molecular complexity index is 1090. The zero-order valence-corrected chi connectivity index (χ0v) is 16.8. The number of aryl methyl sites for hydroxylation is 1. The topological polar surface area (TPSA) is 77.4 Å². The maximum absolute atomic E-state index is 13.1. The van der Waals surface area contributed by atoms with Gasteiger partial charge in [-0.15, -0.1) is 0 Å². The van der Waals surface area contributed by atoms with Crippen LogP contribution in [0.15, 0.2) is 59.6 Å². The van der Waals surface area contributed by atoms with Crippen LogP contribution in [0.1, 0.15) is 11.1 Å². The maximum Gasteiger partial charge on any atom is 0.240 e. The van der Waals surface area contributed by atoms with E-state index in [0.717, 1.165) is 11.1 Å². The lowest BCUT2D eigenvalue weighted by Gasteiger charge is -2.06. The van der Waals surface area contributed by atoms with Crippen LogP contribution in [0.25, 0.3) is 10.9 Å². The fourth-order valence-corrected chi connectivity index (χ4v) is 4.76. The Labute approximate surface area is 165 Å². The van der Waals surface area contributed by atoms with Crippen molar-refractivity contribution < 1.29 is 17.9 Å². The Morgan fingerprint density at radius 2 is 1.93 bits per heavy atom. The summed E-state index contributed by atoms with van der Waals surface area (Å²) in [5, 5.41) is 3.38. The van der Waals surface area contributed by atoms with E-state index >= 15 is 0 Å². The lowest BCUT2D eigenvalue weighted by atomic mass is 10.2. The number of aromatic nitrogens is 1. The Morgan fingerprint density at radius 1 is 1.14 bits per heavy atom. The van der Waals surface area contributed by atoms with Gasteiger partial charge in [0.2, 0.25) is 5.91 Å². The molecule has 0 spiro atoms. The molecule has 3 aromatic rings. The van der Waals surface area contributed by atoms with Crippen molar-refractivity contribution in [2.45, 2.75) is 24.1 Å². The summed E-state index contributed by atoms with van der Waals surface area (Å²) in [6.45, 7) is 2.82. The van der Waals surface area contributed by atoms with E-state index in [0.29, 0.717) is 24.1 Å². The number of fused-ring (bicyclic) bond motifs is 1. The van der Waals surface area contributed by atoms with Crippen molar-refractivity contribution >= 4 is 26.6 Å². The molecule has 0 saturated heterocycles.